The number of aromatic nitrogens is 2. The second-order valence-corrected chi connectivity index (χ2v) is 4.95. The molecule has 0 aliphatic heterocycles. The van der Waals surface area contributed by atoms with Crippen molar-refractivity contribution in [2.45, 2.75) is 52.5 Å². The minimum Gasteiger partial charge on any atom is -0.351 e. The maximum atomic E-state index is 9.37. The van der Waals surface area contributed by atoms with Gasteiger partial charge in [0.2, 0.25) is 0 Å². The molecule has 0 unspecified atom stereocenters. The number of hydrogen-bond donors (Lipinski definition) is 0. The molecule has 0 atom stereocenters. The first-order valence-electron chi connectivity index (χ1n) is 6.69. The molecule has 96 valence electrons. The lowest BCUT2D eigenvalue weighted by Gasteiger charge is -2.29. The van der Waals surface area contributed by atoms with Crippen LogP contribution in [0.15, 0.2) is 0 Å². The van der Waals surface area contributed by atoms with E-state index in [9.17, 15) is 5.26 Å². The predicted octanol–water partition coefficient (Wildman–Crippen LogP) is 2.73. The van der Waals surface area contributed by atoms with E-state index in [4.69, 9.17) is 0 Å². The van der Waals surface area contributed by atoms with Crippen LogP contribution in [0.5, 0.6) is 0 Å². The highest BCUT2D eigenvalue weighted by Crippen LogP contribution is 2.29. The molecule has 0 radical (unpaired) electrons. The van der Waals surface area contributed by atoms with Gasteiger partial charge in [-0.05, 0) is 39.2 Å². The lowest BCUT2D eigenvalue weighted by molar-refractivity contribution is 0.607. The molecule has 0 aromatic carbocycles. The summed E-state index contributed by atoms with van der Waals surface area (Å²) in [7, 11) is 0. The van der Waals surface area contributed by atoms with Crippen LogP contribution >= 0.6 is 0 Å². The maximum Gasteiger partial charge on any atom is 0.169 e. The zero-order chi connectivity index (χ0) is 13.1. The van der Waals surface area contributed by atoms with Crippen LogP contribution in [0.3, 0.4) is 0 Å². The molecule has 4 heteroatoms. The van der Waals surface area contributed by atoms with Gasteiger partial charge in [-0.15, -0.1) is 5.10 Å². The molecule has 1 aromatic heterocycles. The van der Waals surface area contributed by atoms with E-state index in [0.29, 0.717) is 11.6 Å². The normalized spacial score (nSPS) is 15.7. The number of aryl methyl sites for hydroxylation is 1. The fourth-order valence-electron chi connectivity index (χ4n) is 2.73. The Bertz CT molecular complexity index is 469. The third-order valence-corrected chi connectivity index (χ3v) is 3.93. The molecule has 2 rings (SSSR count). The molecule has 0 amide bonds. The van der Waals surface area contributed by atoms with Crippen molar-refractivity contribution in [2.75, 3.05) is 11.4 Å². The summed E-state index contributed by atoms with van der Waals surface area (Å²) in [6, 6.07) is 2.83. The molecule has 0 spiro atoms. The van der Waals surface area contributed by atoms with Crippen LogP contribution < -0.4 is 4.90 Å². The first kappa shape index (κ1) is 12.8. The molecule has 1 aliphatic carbocycles. The van der Waals surface area contributed by atoms with Gasteiger partial charge in [-0.25, -0.2) is 0 Å². The van der Waals surface area contributed by atoms with Crippen LogP contribution in [0.2, 0.25) is 0 Å². The number of rotatable bonds is 3. The van der Waals surface area contributed by atoms with E-state index in [0.717, 1.165) is 23.6 Å². The van der Waals surface area contributed by atoms with Crippen LogP contribution in [-0.4, -0.2) is 22.8 Å². The van der Waals surface area contributed by atoms with Gasteiger partial charge in [0.25, 0.3) is 0 Å². The van der Waals surface area contributed by atoms with Gasteiger partial charge >= 0.3 is 0 Å². The second-order valence-electron chi connectivity index (χ2n) is 4.95. The third kappa shape index (κ3) is 2.17. The van der Waals surface area contributed by atoms with Gasteiger partial charge in [0.1, 0.15) is 11.6 Å². The number of anilines is 1. The van der Waals surface area contributed by atoms with E-state index in [1.165, 1.54) is 25.7 Å². The molecule has 0 bridgehead atoms. The van der Waals surface area contributed by atoms with Crippen LogP contribution in [0.4, 0.5) is 5.82 Å². The van der Waals surface area contributed by atoms with Gasteiger partial charge in [-0.3, -0.25) is 0 Å². The molecule has 1 heterocycles. The summed E-state index contributed by atoms with van der Waals surface area (Å²) in [6.45, 7) is 6.86. The highest BCUT2D eigenvalue weighted by Gasteiger charge is 2.25. The lowest BCUT2D eigenvalue weighted by Crippen LogP contribution is -2.34. The molecule has 1 aromatic rings. The van der Waals surface area contributed by atoms with Crippen molar-refractivity contribution in [3.8, 4) is 6.07 Å². The molecular weight excluding hydrogens is 224 g/mol. The first-order chi connectivity index (χ1) is 8.69. The summed E-state index contributed by atoms with van der Waals surface area (Å²) >= 11 is 0. The van der Waals surface area contributed by atoms with Crippen molar-refractivity contribution in [3.05, 3.63) is 16.8 Å². The Morgan fingerprint density at radius 1 is 1.28 bits per heavy atom. The first-order valence-corrected chi connectivity index (χ1v) is 6.69. The highest BCUT2D eigenvalue weighted by molar-refractivity contribution is 5.58. The quantitative estimate of drug-likeness (QED) is 0.820. The number of hydrogen-bond acceptors (Lipinski definition) is 4. The smallest absolute Gasteiger partial charge is 0.169 e. The molecule has 0 saturated heterocycles. The van der Waals surface area contributed by atoms with Crippen molar-refractivity contribution < 1.29 is 0 Å². The summed E-state index contributed by atoms with van der Waals surface area (Å²) in [5.41, 5.74) is 2.49. The van der Waals surface area contributed by atoms with E-state index in [1.807, 2.05) is 13.8 Å². The van der Waals surface area contributed by atoms with Crippen molar-refractivity contribution in [1.29, 1.82) is 5.26 Å². The van der Waals surface area contributed by atoms with E-state index in [1.54, 1.807) is 0 Å². The zero-order valence-corrected chi connectivity index (χ0v) is 11.4. The predicted molar refractivity (Wildman–Crippen MR) is 71.5 cm³/mol. The summed E-state index contributed by atoms with van der Waals surface area (Å²) in [5.74, 6) is 0.773. The standard InChI is InChI=1S/C14H20N4/c1-4-18(12-7-5-6-8-12)14-13(9-15)10(2)11(3)16-17-14/h12H,4-8H2,1-3H3. The lowest BCUT2D eigenvalue weighted by atomic mass is 10.1. The van der Waals surface area contributed by atoms with Crippen molar-refractivity contribution in [2.24, 2.45) is 0 Å². The van der Waals surface area contributed by atoms with E-state index < -0.39 is 0 Å². The second kappa shape index (κ2) is 5.34. The summed E-state index contributed by atoms with van der Waals surface area (Å²) in [6.07, 6.45) is 4.96. The largest absolute Gasteiger partial charge is 0.351 e. The number of nitrogens with zero attached hydrogens (tertiary/aromatic N) is 4. The van der Waals surface area contributed by atoms with Crippen LogP contribution in [0.1, 0.15) is 49.4 Å². The van der Waals surface area contributed by atoms with Crippen molar-refractivity contribution >= 4 is 5.82 Å². The van der Waals surface area contributed by atoms with Gasteiger partial charge < -0.3 is 4.90 Å². The fourth-order valence-corrected chi connectivity index (χ4v) is 2.73. The molecule has 1 aliphatic rings. The zero-order valence-electron chi connectivity index (χ0n) is 11.4. The Morgan fingerprint density at radius 3 is 2.50 bits per heavy atom. The summed E-state index contributed by atoms with van der Waals surface area (Å²) in [5, 5.41) is 17.8. The monoisotopic (exact) mass is 244 g/mol. The van der Waals surface area contributed by atoms with Gasteiger partial charge in [0, 0.05) is 12.6 Å². The molecular formula is C14H20N4. The molecule has 1 fully saturated rings. The Balaban J connectivity index is 2.42. The Kier molecular flexibility index (Phi) is 3.81. The van der Waals surface area contributed by atoms with Crippen LogP contribution in [0.25, 0.3) is 0 Å². The molecule has 0 N–H and O–H groups in total. The fraction of sp³-hybridized carbons (Fsp3) is 0.643. The third-order valence-electron chi connectivity index (χ3n) is 3.93. The van der Waals surface area contributed by atoms with E-state index in [-0.39, 0.29) is 0 Å². The van der Waals surface area contributed by atoms with Gasteiger partial charge in [-0.1, -0.05) is 12.8 Å². The average molecular weight is 244 g/mol. The Morgan fingerprint density at radius 2 is 1.94 bits per heavy atom. The topological polar surface area (TPSA) is 52.8 Å². The van der Waals surface area contributed by atoms with Crippen molar-refractivity contribution in [1.82, 2.24) is 10.2 Å². The Labute approximate surface area is 109 Å². The summed E-state index contributed by atoms with van der Waals surface area (Å²) in [4.78, 5) is 2.25. The number of nitriles is 1. The minimum atomic E-state index is 0.526. The summed E-state index contributed by atoms with van der Waals surface area (Å²) < 4.78 is 0. The highest BCUT2D eigenvalue weighted by atomic mass is 15.3. The van der Waals surface area contributed by atoms with Crippen molar-refractivity contribution in [3.63, 3.8) is 0 Å². The van der Waals surface area contributed by atoms with Gasteiger partial charge in [-0.2, -0.15) is 10.4 Å². The van der Waals surface area contributed by atoms with E-state index in [2.05, 4.69) is 28.1 Å². The average Bonchev–Trinajstić information content (AvgIpc) is 2.89. The van der Waals surface area contributed by atoms with Crippen LogP contribution in [-0.2, 0) is 0 Å². The van der Waals surface area contributed by atoms with Gasteiger partial charge in [0.05, 0.1) is 5.69 Å². The molecule has 4 nitrogen and oxygen atoms in total. The molecule has 1 saturated carbocycles. The SMILES string of the molecule is CCN(c1nnc(C)c(C)c1C#N)C1CCCC1. The molecule has 18 heavy (non-hydrogen) atoms. The van der Waals surface area contributed by atoms with Crippen LogP contribution in [0, 0.1) is 25.2 Å². The maximum absolute atomic E-state index is 9.37. The minimum absolute atomic E-state index is 0.526. The Hall–Kier alpha value is -1.63. The van der Waals surface area contributed by atoms with Gasteiger partial charge in [0.15, 0.2) is 5.82 Å². The van der Waals surface area contributed by atoms with E-state index >= 15 is 0 Å².